The minimum absolute atomic E-state index is 0.0321. The molecule has 1 heterocycles. The summed E-state index contributed by atoms with van der Waals surface area (Å²) in [4.78, 5) is 20.0. The molecule has 5 heteroatoms. The predicted octanol–water partition coefficient (Wildman–Crippen LogP) is 2.78. The third-order valence-corrected chi connectivity index (χ3v) is 4.41. The Morgan fingerprint density at radius 1 is 1.15 bits per heavy atom. The summed E-state index contributed by atoms with van der Waals surface area (Å²) < 4.78 is 0. The molecule has 2 aromatic carbocycles. The van der Waals surface area contributed by atoms with Crippen molar-refractivity contribution in [3.8, 4) is 11.1 Å². The van der Waals surface area contributed by atoms with Crippen LogP contribution in [-0.4, -0.2) is 56.2 Å². The van der Waals surface area contributed by atoms with E-state index in [4.69, 9.17) is 4.84 Å². The Balaban J connectivity index is 1.70. The maximum Gasteiger partial charge on any atom is 0.251 e. The zero-order chi connectivity index (χ0) is 18.4. The third kappa shape index (κ3) is 5.14. The predicted molar refractivity (Wildman–Crippen MR) is 104 cm³/mol. The summed E-state index contributed by atoms with van der Waals surface area (Å²) in [7, 11) is 3.99. The molecule has 26 heavy (non-hydrogen) atoms. The van der Waals surface area contributed by atoms with Gasteiger partial charge in [0, 0.05) is 31.7 Å². The van der Waals surface area contributed by atoms with Crippen molar-refractivity contribution in [2.75, 3.05) is 40.3 Å². The van der Waals surface area contributed by atoms with Crippen LogP contribution in [0.25, 0.3) is 11.1 Å². The van der Waals surface area contributed by atoms with Crippen LogP contribution in [0.5, 0.6) is 0 Å². The topological polar surface area (TPSA) is 44.8 Å². The summed E-state index contributed by atoms with van der Waals surface area (Å²) in [5.74, 6) is -0.0321. The van der Waals surface area contributed by atoms with E-state index in [1.807, 2.05) is 48.3 Å². The van der Waals surface area contributed by atoms with E-state index in [9.17, 15) is 4.79 Å². The Labute approximate surface area is 155 Å². The largest absolute Gasteiger partial charge is 0.351 e. The van der Waals surface area contributed by atoms with Gasteiger partial charge in [0.2, 0.25) is 0 Å². The zero-order valence-corrected chi connectivity index (χ0v) is 15.6. The molecule has 0 saturated carbocycles. The SMILES string of the molecule is CN(C)CCNC(=O)c1cccc(-c2cccc(CN3CCCO3)c2)c1. The molecule has 1 saturated heterocycles. The van der Waals surface area contributed by atoms with Gasteiger partial charge in [-0.2, -0.15) is 5.06 Å². The highest BCUT2D eigenvalue weighted by Crippen LogP contribution is 2.23. The van der Waals surface area contributed by atoms with Crippen LogP contribution in [0.2, 0.25) is 0 Å². The number of hydrogen-bond acceptors (Lipinski definition) is 4. The van der Waals surface area contributed by atoms with Crippen molar-refractivity contribution in [2.24, 2.45) is 0 Å². The molecule has 2 aromatic rings. The molecule has 5 nitrogen and oxygen atoms in total. The van der Waals surface area contributed by atoms with Gasteiger partial charge >= 0.3 is 0 Å². The van der Waals surface area contributed by atoms with E-state index in [1.165, 1.54) is 5.56 Å². The molecule has 1 amide bonds. The number of nitrogens with zero attached hydrogens (tertiary/aromatic N) is 2. The number of hydrogen-bond donors (Lipinski definition) is 1. The van der Waals surface area contributed by atoms with E-state index in [0.29, 0.717) is 12.1 Å². The molecule has 0 radical (unpaired) electrons. The Bertz CT molecular complexity index is 740. The molecule has 138 valence electrons. The van der Waals surface area contributed by atoms with Crippen LogP contribution >= 0.6 is 0 Å². The second-order valence-corrected chi connectivity index (χ2v) is 6.89. The molecule has 1 aliphatic heterocycles. The van der Waals surface area contributed by atoms with Gasteiger partial charge in [-0.1, -0.05) is 30.3 Å². The third-order valence-electron chi connectivity index (χ3n) is 4.41. The lowest BCUT2D eigenvalue weighted by atomic mass is 10.0. The molecule has 0 aromatic heterocycles. The summed E-state index contributed by atoms with van der Waals surface area (Å²) in [5, 5.41) is 4.97. The van der Waals surface area contributed by atoms with E-state index in [-0.39, 0.29) is 5.91 Å². The summed E-state index contributed by atoms with van der Waals surface area (Å²) >= 11 is 0. The number of hydroxylamine groups is 2. The first-order chi connectivity index (χ1) is 12.6. The van der Waals surface area contributed by atoms with Crippen LogP contribution in [-0.2, 0) is 11.4 Å². The molecule has 1 N–H and O–H groups in total. The standard InChI is InChI=1S/C21H27N3O2/c1-23(2)12-10-22-21(25)20-9-4-8-19(15-20)18-7-3-6-17(14-18)16-24-11-5-13-26-24/h3-4,6-9,14-15H,5,10-13,16H2,1-2H3,(H,22,25). The van der Waals surface area contributed by atoms with Gasteiger partial charge < -0.3 is 10.2 Å². The van der Waals surface area contributed by atoms with Crippen molar-refractivity contribution in [2.45, 2.75) is 13.0 Å². The number of likely N-dealkylation sites (N-methyl/N-ethyl adjacent to an activating group) is 1. The van der Waals surface area contributed by atoms with Crippen LogP contribution in [0.4, 0.5) is 0 Å². The van der Waals surface area contributed by atoms with Crippen molar-refractivity contribution < 1.29 is 9.63 Å². The van der Waals surface area contributed by atoms with Crippen molar-refractivity contribution >= 4 is 5.91 Å². The van der Waals surface area contributed by atoms with Crippen molar-refractivity contribution in [1.82, 2.24) is 15.3 Å². The van der Waals surface area contributed by atoms with Gasteiger partial charge in [-0.05, 0) is 55.4 Å². The molecular formula is C21H27N3O2. The molecule has 0 unspecified atom stereocenters. The lowest BCUT2D eigenvalue weighted by Gasteiger charge is -2.14. The van der Waals surface area contributed by atoms with Gasteiger partial charge in [0.1, 0.15) is 0 Å². The Kier molecular flexibility index (Phi) is 6.39. The number of carbonyl (C=O) groups excluding carboxylic acids is 1. The summed E-state index contributed by atoms with van der Waals surface area (Å²) in [6.45, 7) is 4.05. The second-order valence-electron chi connectivity index (χ2n) is 6.89. The monoisotopic (exact) mass is 353 g/mol. The van der Waals surface area contributed by atoms with E-state index < -0.39 is 0 Å². The average molecular weight is 353 g/mol. The normalized spacial score (nSPS) is 14.7. The molecule has 0 spiro atoms. The number of carbonyl (C=O) groups is 1. The van der Waals surface area contributed by atoms with E-state index >= 15 is 0 Å². The van der Waals surface area contributed by atoms with Gasteiger partial charge in [-0.3, -0.25) is 9.63 Å². The quantitative estimate of drug-likeness (QED) is 0.831. The van der Waals surface area contributed by atoms with Crippen LogP contribution in [0.15, 0.2) is 48.5 Å². The minimum atomic E-state index is -0.0321. The summed E-state index contributed by atoms with van der Waals surface area (Å²) in [6.07, 6.45) is 1.09. The molecule has 0 bridgehead atoms. The molecule has 0 aliphatic carbocycles. The average Bonchev–Trinajstić information content (AvgIpc) is 3.15. The first-order valence-electron chi connectivity index (χ1n) is 9.12. The van der Waals surface area contributed by atoms with Crippen LogP contribution in [0.3, 0.4) is 0 Å². The number of benzene rings is 2. The maximum atomic E-state index is 12.4. The Hall–Kier alpha value is -2.21. The Morgan fingerprint density at radius 2 is 1.92 bits per heavy atom. The molecular weight excluding hydrogens is 326 g/mol. The van der Waals surface area contributed by atoms with Crippen LogP contribution in [0.1, 0.15) is 22.3 Å². The number of rotatable bonds is 7. The molecule has 1 aliphatic rings. The fourth-order valence-electron chi connectivity index (χ4n) is 3.01. The smallest absolute Gasteiger partial charge is 0.251 e. The minimum Gasteiger partial charge on any atom is -0.351 e. The van der Waals surface area contributed by atoms with Gasteiger partial charge in [-0.25, -0.2) is 0 Å². The highest BCUT2D eigenvalue weighted by molar-refractivity contribution is 5.95. The fourth-order valence-corrected chi connectivity index (χ4v) is 3.01. The van der Waals surface area contributed by atoms with Gasteiger partial charge in [-0.15, -0.1) is 0 Å². The van der Waals surface area contributed by atoms with Gasteiger partial charge in [0.15, 0.2) is 0 Å². The fraction of sp³-hybridized carbons (Fsp3) is 0.381. The summed E-state index contributed by atoms with van der Waals surface area (Å²) in [5.41, 5.74) is 4.07. The van der Waals surface area contributed by atoms with E-state index in [2.05, 4.69) is 29.6 Å². The molecule has 3 rings (SSSR count). The van der Waals surface area contributed by atoms with E-state index in [0.717, 1.165) is 43.8 Å². The first-order valence-corrected chi connectivity index (χ1v) is 9.12. The highest BCUT2D eigenvalue weighted by atomic mass is 16.7. The highest BCUT2D eigenvalue weighted by Gasteiger charge is 2.13. The lowest BCUT2D eigenvalue weighted by molar-refractivity contribution is -0.117. The first kappa shape index (κ1) is 18.6. The van der Waals surface area contributed by atoms with Crippen molar-refractivity contribution in [3.63, 3.8) is 0 Å². The van der Waals surface area contributed by atoms with Gasteiger partial charge in [0.25, 0.3) is 5.91 Å². The number of nitrogens with one attached hydrogen (secondary N) is 1. The second kappa shape index (κ2) is 8.94. The summed E-state index contributed by atoms with van der Waals surface area (Å²) in [6, 6.07) is 16.2. The van der Waals surface area contributed by atoms with Crippen LogP contribution < -0.4 is 5.32 Å². The lowest BCUT2D eigenvalue weighted by Crippen LogP contribution is -2.31. The van der Waals surface area contributed by atoms with Crippen molar-refractivity contribution in [1.29, 1.82) is 0 Å². The Morgan fingerprint density at radius 3 is 2.65 bits per heavy atom. The van der Waals surface area contributed by atoms with E-state index in [1.54, 1.807) is 0 Å². The van der Waals surface area contributed by atoms with Crippen molar-refractivity contribution in [3.05, 3.63) is 59.7 Å². The molecule has 0 atom stereocenters. The zero-order valence-electron chi connectivity index (χ0n) is 15.6. The van der Waals surface area contributed by atoms with Crippen LogP contribution in [0, 0.1) is 0 Å². The maximum absolute atomic E-state index is 12.4. The van der Waals surface area contributed by atoms with Gasteiger partial charge in [0.05, 0.1) is 6.61 Å². The number of amides is 1. The molecule has 1 fully saturated rings.